The minimum absolute atomic E-state index is 0.158. The van der Waals surface area contributed by atoms with Gasteiger partial charge in [-0.3, -0.25) is 4.79 Å². The molecule has 8 heteroatoms. The van der Waals surface area contributed by atoms with Crippen LogP contribution in [0.3, 0.4) is 0 Å². The molecule has 0 spiro atoms. The SMILES string of the molecule is COc1cccc(CN(C)C(=O)c2ccc(S(=O)(=O)N3CC(C)OC(C)C3)cc2)c1. The molecular weight excluding hydrogens is 404 g/mol. The Balaban J connectivity index is 1.71. The number of nitrogens with zero attached hydrogens (tertiary/aromatic N) is 2. The minimum atomic E-state index is -3.63. The smallest absolute Gasteiger partial charge is 0.253 e. The maximum absolute atomic E-state index is 13.0. The summed E-state index contributed by atoms with van der Waals surface area (Å²) in [6.45, 7) is 4.77. The molecule has 0 N–H and O–H groups in total. The molecule has 30 heavy (non-hydrogen) atoms. The second kappa shape index (κ2) is 9.16. The number of ether oxygens (including phenoxy) is 2. The van der Waals surface area contributed by atoms with E-state index >= 15 is 0 Å². The molecule has 3 rings (SSSR count). The van der Waals surface area contributed by atoms with E-state index in [1.807, 2.05) is 38.1 Å². The summed E-state index contributed by atoms with van der Waals surface area (Å²) in [5.74, 6) is 0.546. The van der Waals surface area contributed by atoms with Gasteiger partial charge in [0.2, 0.25) is 10.0 Å². The van der Waals surface area contributed by atoms with Crippen LogP contribution in [0.4, 0.5) is 0 Å². The molecule has 1 saturated heterocycles. The predicted octanol–water partition coefficient (Wildman–Crippen LogP) is 2.77. The summed E-state index contributed by atoms with van der Waals surface area (Å²) in [6, 6.07) is 13.6. The van der Waals surface area contributed by atoms with Gasteiger partial charge in [-0.15, -0.1) is 0 Å². The zero-order valence-corrected chi connectivity index (χ0v) is 18.6. The fourth-order valence-corrected chi connectivity index (χ4v) is 5.17. The third-order valence-corrected chi connectivity index (χ3v) is 6.87. The summed E-state index contributed by atoms with van der Waals surface area (Å²) < 4.78 is 38.2. The molecule has 1 aliphatic heterocycles. The number of amides is 1. The van der Waals surface area contributed by atoms with Gasteiger partial charge < -0.3 is 14.4 Å². The molecule has 0 aromatic heterocycles. The Hall–Kier alpha value is -2.42. The first-order chi connectivity index (χ1) is 14.2. The number of methoxy groups -OCH3 is 1. The molecule has 1 aliphatic rings. The predicted molar refractivity (Wildman–Crippen MR) is 114 cm³/mol. The van der Waals surface area contributed by atoms with E-state index in [1.54, 1.807) is 31.2 Å². The van der Waals surface area contributed by atoms with Crippen molar-refractivity contribution in [1.29, 1.82) is 0 Å². The van der Waals surface area contributed by atoms with Gasteiger partial charge in [-0.1, -0.05) is 12.1 Å². The Bertz CT molecular complexity index is 981. The summed E-state index contributed by atoms with van der Waals surface area (Å²) >= 11 is 0. The van der Waals surface area contributed by atoms with Crippen LogP contribution in [-0.2, 0) is 21.3 Å². The van der Waals surface area contributed by atoms with Crippen LogP contribution in [0, 0.1) is 0 Å². The zero-order valence-electron chi connectivity index (χ0n) is 17.7. The first kappa shape index (κ1) is 22.3. The Morgan fingerprint density at radius 2 is 1.77 bits per heavy atom. The van der Waals surface area contributed by atoms with Gasteiger partial charge in [0.25, 0.3) is 5.91 Å². The van der Waals surface area contributed by atoms with Crippen LogP contribution in [0.15, 0.2) is 53.4 Å². The van der Waals surface area contributed by atoms with Crippen LogP contribution in [0.25, 0.3) is 0 Å². The third kappa shape index (κ3) is 5.00. The Labute approximate surface area is 178 Å². The molecule has 2 aromatic rings. The molecule has 0 aliphatic carbocycles. The molecule has 2 aromatic carbocycles. The number of benzene rings is 2. The molecule has 1 fully saturated rings. The molecule has 7 nitrogen and oxygen atoms in total. The molecule has 162 valence electrons. The van der Waals surface area contributed by atoms with E-state index in [0.717, 1.165) is 11.3 Å². The quantitative estimate of drug-likeness (QED) is 0.702. The van der Waals surface area contributed by atoms with Crippen LogP contribution in [-0.4, -0.2) is 63.0 Å². The maximum Gasteiger partial charge on any atom is 0.253 e. The van der Waals surface area contributed by atoms with Crippen LogP contribution in [0.2, 0.25) is 0 Å². The first-order valence-corrected chi connectivity index (χ1v) is 11.3. The summed E-state index contributed by atoms with van der Waals surface area (Å²) in [5, 5.41) is 0. The summed E-state index contributed by atoms with van der Waals surface area (Å²) in [5.41, 5.74) is 1.38. The lowest BCUT2D eigenvalue weighted by atomic mass is 10.1. The lowest BCUT2D eigenvalue weighted by Gasteiger charge is -2.34. The highest BCUT2D eigenvalue weighted by Crippen LogP contribution is 2.22. The van der Waals surface area contributed by atoms with Crippen molar-refractivity contribution in [2.24, 2.45) is 0 Å². The number of carbonyl (C=O) groups is 1. The molecule has 2 unspecified atom stereocenters. The van der Waals surface area contributed by atoms with Crippen molar-refractivity contribution < 1.29 is 22.7 Å². The average molecular weight is 433 g/mol. The monoisotopic (exact) mass is 432 g/mol. The number of carbonyl (C=O) groups excluding carboxylic acids is 1. The lowest BCUT2D eigenvalue weighted by molar-refractivity contribution is -0.0440. The van der Waals surface area contributed by atoms with Crippen LogP contribution < -0.4 is 4.74 Å². The standard InChI is InChI=1S/C22H28N2O5S/c1-16-13-24(14-17(2)29-16)30(26,27)21-10-8-19(9-11-21)22(25)23(3)15-18-6-5-7-20(12-18)28-4/h5-12,16-17H,13-15H2,1-4H3. The Morgan fingerprint density at radius 1 is 1.13 bits per heavy atom. The number of sulfonamides is 1. The van der Waals surface area contributed by atoms with Gasteiger partial charge in [-0.05, 0) is 55.8 Å². The summed E-state index contributed by atoms with van der Waals surface area (Å²) in [7, 11) is -0.322. The van der Waals surface area contributed by atoms with Crippen molar-refractivity contribution in [2.45, 2.75) is 37.5 Å². The van der Waals surface area contributed by atoms with Crippen molar-refractivity contribution >= 4 is 15.9 Å². The number of morpholine rings is 1. The highest BCUT2D eigenvalue weighted by atomic mass is 32.2. The highest BCUT2D eigenvalue weighted by molar-refractivity contribution is 7.89. The van der Waals surface area contributed by atoms with Crippen molar-refractivity contribution in [2.75, 3.05) is 27.2 Å². The summed E-state index contributed by atoms with van der Waals surface area (Å²) in [6.07, 6.45) is -0.315. The van der Waals surface area contributed by atoms with E-state index in [4.69, 9.17) is 9.47 Å². The van der Waals surface area contributed by atoms with Crippen LogP contribution in [0.5, 0.6) is 5.75 Å². The van der Waals surface area contributed by atoms with Gasteiger partial charge in [0, 0.05) is 32.2 Å². The van der Waals surface area contributed by atoms with E-state index in [9.17, 15) is 13.2 Å². The fourth-order valence-electron chi connectivity index (χ4n) is 3.58. The fraction of sp³-hybridized carbons (Fsp3) is 0.409. The second-order valence-corrected chi connectivity index (χ2v) is 9.55. The average Bonchev–Trinajstić information content (AvgIpc) is 2.72. The normalized spacial score (nSPS) is 20.0. The topological polar surface area (TPSA) is 76.2 Å². The largest absolute Gasteiger partial charge is 0.497 e. The van der Waals surface area contributed by atoms with Gasteiger partial charge in [0.05, 0.1) is 24.2 Å². The van der Waals surface area contributed by atoms with E-state index in [2.05, 4.69) is 0 Å². The van der Waals surface area contributed by atoms with E-state index < -0.39 is 10.0 Å². The summed E-state index contributed by atoms with van der Waals surface area (Å²) in [4.78, 5) is 14.5. The third-order valence-electron chi connectivity index (χ3n) is 5.03. The van der Waals surface area contributed by atoms with Crippen molar-refractivity contribution in [3.63, 3.8) is 0 Å². The lowest BCUT2D eigenvalue weighted by Crippen LogP contribution is -2.48. The molecule has 1 amide bonds. The van der Waals surface area contributed by atoms with Crippen LogP contribution >= 0.6 is 0 Å². The van der Waals surface area contributed by atoms with Crippen LogP contribution in [0.1, 0.15) is 29.8 Å². The van der Waals surface area contributed by atoms with Crippen molar-refractivity contribution in [3.05, 3.63) is 59.7 Å². The highest BCUT2D eigenvalue weighted by Gasteiger charge is 2.32. The second-order valence-electron chi connectivity index (χ2n) is 7.62. The minimum Gasteiger partial charge on any atom is -0.497 e. The van der Waals surface area contributed by atoms with Crippen molar-refractivity contribution in [3.8, 4) is 5.75 Å². The van der Waals surface area contributed by atoms with Crippen molar-refractivity contribution in [1.82, 2.24) is 9.21 Å². The first-order valence-electron chi connectivity index (χ1n) is 9.84. The maximum atomic E-state index is 13.0. The van der Waals surface area contributed by atoms with Gasteiger partial charge in [-0.25, -0.2) is 8.42 Å². The molecule has 0 saturated carbocycles. The molecule has 1 heterocycles. The Kier molecular flexibility index (Phi) is 6.80. The zero-order chi connectivity index (χ0) is 21.9. The molecule has 0 bridgehead atoms. The number of hydrogen-bond acceptors (Lipinski definition) is 5. The van der Waals surface area contributed by atoms with Gasteiger partial charge in [-0.2, -0.15) is 4.31 Å². The number of rotatable bonds is 6. The van der Waals surface area contributed by atoms with E-state index in [-0.39, 0.29) is 23.0 Å². The number of hydrogen-bond donors (Lipinski definition) is 0. The van der Waals surface area contributed by atoms with Gasteiger partial charge in [0.1, 0.15) is 5.75 Å². The van der Waals surface area contributed by atoms with E-state index in [0.29, 0.717) is 25.2 Å². The molecule has 2 atom stereocenters. The van der Waals surface area contributed by atoms with Gasteiger partial charge in [0.15, 0.2) is 0 Å². The molecule has 0 radical (unpaired) electrons. The van der Waals surface area contributed by atoms with E-state index in [1.165, 1.54) is 16.4 Å². The van der Waals surface area contributed by atoms with Gasteiger partial charge >= 0.3 is 0 Å². The molecular formula is C22H28N2O5S. The Morgan fingerprint density at radius 3 is 2.37 bits per heavy atom.